The maximum absolute atomic E-state index is 12.7. The van der Waals surface area contributed by atoms with Gasteiger partial charge in [-0.05, 0) is 30.5 Å². The zero-order valence-electron chi connectivity index (χ0n) is 17.7. The van der Waals surface area contributed by atoms with Crippen molar-refractivity contribution in [2.24, 2.45) is 5.92 Å². The van der Waals surface area contributed by atoms with E-state index < -0.39 is 10.0 Å². The minimum Gasteiger partial charge on any atom is -0.496 e. The highest BCUT2D eigenvalue weighted by molar-refractivity contribution is 7.88. The Hall–Kier alpha value is -3.24. The first-order valence-corrected chi connectivity index (χ1v) is 12.0. The van der Waals surface area contributed by atoms with Gasteiger partial charge in [0, 0.05) is 19.0 Å². The Labute approximate surface area is 186 Å². The van der Waals surface area contributed by atoms with Crippen molar-refractivity contribution in [2.45, 2.75) is 18.6 Å². The van der Waals surface area contributed by atoms with Crippen LogP contribution in [0.25, 0.3) is 11.4 Å². The fourth-order valence-electron chi connectivity index (χ4n) is 3.76. The Morgan fingerprint density at radius 3 is 2.53 bits per heavy atom. The summed E-state index contributed by atoms with van der Waals surface area (Å²) in [5, 5.41) is 9.62. The number of ether oxygens (including phenoxy) is 1. The van der Waals surface area contributed by atoms with Crippen LogP contribution in [-0.2, 0) is 20.6 Å². The van der Waals surface area contributed by atoms with Crippen molar-refractivity contribution in [3.63, 3.8) is 0 Å². The van der Waals surface area contributed by atoms with Gasteiger partial charge in [0.2, 0.25) is 21.9 Å². The van der Waals surface area contributed by atoms with Crippen LogP contribution in [0.4, 0.5) is 5.95 Å². The van der Waals surface area contributed by atoms with Gasteiger partial charge in [-0.1, -0.05) is 42.5 Å². The lowest BCUT2D eigenvalue weighted by Crippen LogP contribution is -2.42. The molecule has 2 N–H and O–H groups in total. The molecule has 0 bridgehead atoms. The number of amides is 1. The molecule has 0 aliphatic carbocycles. The number of carbonyl (C=O) groups is 1. The third kappa shape index (κ3) is 4.97. The summed E-state index contributed by atoms with van der Waals surface area (Å²) in [4.78, 5) is 17.0. The van der Waals surface area contributed by atoms with Crippen molar-refractivity contribution in [1.82, 2.24) is 19.5 Å². The first-order chi connectivity index (χ1) is 15.5. The predicted molar refractivity (Wildman–Crippen MR) is 120 cm³/mol. The number of hydrogen-bond acceptors (Lipinski definition) is 6. The van der Waals surface area contributed by atoms with Gasteiger partial charge in [0.25, 0.3) is 0 Å². The number of aromatic nitrogens is 3. The zero-order chi connectivity index (χ0) is 22.6. The fraction of sp³-hybridized carbons (Fsp3) is 0.318. The molecule has 4 rings (SSSR count). The van der Waals surface area contributed by atoms with E-state index in [0.717, 1.165) is 11.1 Å². The smallest absolute Gasteiger partial charge is 0.249 e. The van der Waals surface area contributed by atoms with E-state index >= 15 is 0 Å². The molecule has 0 spiro atoms. The average Bonchev–Trinajstić information content (AvgIpc) is 3.27. The Bertz CT molecular complexity index is 1170. The molecule has 0 saturated carbocycles. The lowest BCUT2D eigenvalue weighted by atomic mass is 9.97. The summed E-state index contributed by atoms with van der Waals surface area (Å²) in [6.45, 7) is 0.626. The van der Waals surface area contributed by atoms with E-state index in [2.05, 4.69) is 20.5 Å². The van der Waals surface area contributed by atoms with Crippen molar-refractivity contribution in [1.29, 1.82) is 0 Å². The predicted octanol–water partition coefficient (Wildman–Crippen LogP) is 2.66. The van der Waals surface area contributed by atoms with Gasteiger partial charge in [-0.25, -0.2) is 12.7 Å². The van der Waals surface area contributed by atoms with Gasteiger partial charge in [0.1, 0.15) is 5.75 Å². The van der Waals surface area contributed by atoms with Crippen LogP contribution in [0.5, 0.6) is 5.75 Å². The van der Waals surface area contributed by atoms with Gasteiger partial charge < -0.3 is 4.74 Å². The molecule has 9 nitrogen and oxygen atoms in total. The molecule has 1 fully saturated rings. The summed E-state index contributed by atoms with van der Waals surface area (Å²) >= 11 is 0. The standard InChI is InChI=1S/C22H25N5O4S/c1-31-19-10-6-5-9-18(19)20-23-22(26-25-20)24-21(28)17-11-13-27(14-12-17)32(29,30)15-16-7-3-2-4-8-16/h2-10,17H,11-15H2,1H3,(H2,23,24,25,26,28). The van der Waals surface area contributed by atoms with Crippen LogP contribution in [0.1, 0.15) is 18.4 Å². The number of benzene rings is 2. The lowest BCUT2D eigenvalue weighted by molar-refractivity contribution is -0.121. The Kier molecular flexibility index (Phi) is 6.52. The Balaban J connectivity index is 1.34. The van der Waals surface area contributed by atoms with E-state index in [1.807, 2.05) is 42.5 Å². The number of para-hydroxylation sites is 1. The molecule has 10 heteroatoms. The van der Waals surface area contributed by atoms with Crippen molar-refractivity contribution in [2.75, 3.05) is 25.5 Å². The van der Waals surface area contributed by atoms with Crippen LogP contribution in [0.3, 0.4) is 0 Å². The number of carbonyl (C=O) groups excluding carboxylic acids is 1. The van der Waals surface area contributed by atoms with Crippen LogP contribution in [0.2, 0.25) is 0 Å². The monoisotopic (exact) mass is 455 g/mol. The first kappa shape index (κ1) is 22.0. The first-order valence-electron chi connectivity index (χ1n) is 10.3. The summed E-state index contributed by atoms with van der Waals surface area (Å²) < 4.78 is 32.2. The second kappa shape index (κ2) is 9.49. The van der Waals surface area contributed by atoms with Crippen LogP contribution < -0.4 is 10.1 Å². The van der Waals surface area contributed by atoms with Gasteiger partial charge in [0.05, 0.1) is 18.4 Å². The number of nitrogens with one attached hydrogen (secondary N) is 2. The Morgan fingerprint density at radius 1 is 1.12 bits per heavy atom. The average molecular weight is 456 g/mol. The SMILES string of the molecule is COc1ccccc1-c1nc(NC(=O)C2CCN(S(=O)(=O)Cc3ccccc3)CC2)n[nH]1. The van der Waals surface area contributed by atoms with Crippen molar-refractivity contribution in [3.8, 4) is 17.1 Å². The molecule has 1 saturated heterocycles. The summed E-state index contributed by atoms with van der Waals surface area (Å²) in [6.07, 6.45) is 0.896. The number of aromatic amines is 1. The van der Waals surface area contributed by atoms with Crippen LogP contribution in [0.15, 0.2) is 54.6 Å². The number of H-pyrrole nitrogens is 1. The quantitative estimate of drug-likeness (QED) is 0.566. The van der Waals surface area contributed by atoms with E-state index in [1.54, 1.807) is 19.2 Å². The number of piperidine rings is 1. The van der Waals surface area contributed by atoms with Crippen LogP contribution in [-0.4, -0.2) is 54.0 Å². The normalized spacial score (nSPS) is 15.4. The molecular formula is C22H25N5O4S. The number of hydrogen-bond donors (Lipinski definition) is 2. The van der Waals surface area contributed by atoms with Crippen molar-refractivity contribution >= 4 is 21.9 Å². The Morgan fingerprint density at radius 2 is 1.81 bits per heavy atom. The van der Waals surface area contributed by atoms with Gasteiger partial charge in [0.15, 0.2) is 5.82 Å². The van der Waals surface area contributed by atoms with Crippen LogP contribution in [0, 0.1) is 5.92 Å². The van der Waals surface area contributed by atoms with E-state index in [1.165, 1.54) is 4.31 Å². The van der Waals surface area contributed by atoms with Gasteiger partial charge in [-0.15, -0.1) is 5.10 Å². The fourth-order valence-corrected chi connectivity index (χ4v) is 5.33. The molecule has 1 aliphatic heterocycles. The van der Waals surface area contributed by atoms with Gasteiger partial charge in [-0.2, -0.15) is 4.98 Å². The minimum absolute atomic E-state index is 0.0341. The molecule has 0 unspecified atom stereocenters. The molecule has 168 valence electrons. The van der Waals surface area contributed by atoms with E-state index in [0.29, 0.717) is 37.5 Å². The molecule has 1 aliphatic rings. The number of methoxy groups -OCH3 is 1. The molecule has 1 aromatic heterocycles. The van der Waals surface area contributed by atoms with Gasteiger partial charge in [-0.3, -0.25) is 15.2 Å². The maximum Gasteiger partial charge on any atom is 0.249 e. The van der Waals surface area contributed by atoms with E-state index in [4.69, 9.17) is 4.74 Å². The molecule has 32 heavy (non-hydrogen) atoms. The highest BCUT2D eigenvalue weighted by Gasteiger charge is 2.31. The zero-order valence-corrected chi connectivity index (χ0v) is 18.5. The summed E-state index contributed by atoms with van der Waals surface area (Å²) in [7, 11) is -1.84. The molecule has 1 amide bonds. The highest BCUT2D eigenvalue weighted by atomic mass is 32.2. The van der Waals surface area contributed by atoms with Crippen molar-refractivity contribution < 1.29 is 17.9 Å². The van der Waals surface area contributed by atoms with E-state index in [-0.39, 0.29) is 23.5 Å². The molecule has 0 radical (unpaired) electrons. The van der Waals surface area contributed by atoms with Crippen molar-refractivity contribution in [3.05, 3.63) is 60.2 Å². The number of sulfonamides is 1. The summed E-state index contributed by atoms with van der Waals surface area (Å²) in [5.41, 5.74) is 1.49. The minimum atomic E-state index is -3.42. The van der Waals surface area contributed by atoms with Crippen LogP contribution >= 0.6 is 0 Å². The largest absolute Gasteiger partial charge is 0.496 e. The summed E-state index contributed by atoms with van der Waals surface area (Å²) in [6, 6.07) is 16.5. The maximum atomic E-state index is 12.7. The number of anilines is 1. The second-order valence-electron chi connectivity index (χ2n) is 7.61. The number of rotatable bonds is 7. The van der Waals surface area contributed by atoms with E-state index in [9.17, 15) is 13.2 Å². The summed E-state index contributed by atoms with van der Waals surface area (Å²) in [5.74, 6) is 0.760. The molecular weight excluding hydrogens is 430 g/mol. The number of nitrogens with zero attached hydrogens (tertiary/aromatic N) is 3. The van der Waals surface area contributed by atoms with Gasteiger partial charge >= 0.3 is 0 Å². The second-order valence-corrected chi connectivity index (χ2v) is 9.58. The highest BCUT2D eigenvalue weighted by Crippen LogP contribution is 2.27. The molecule has 2 heterocycles. The molecule has 3 aromatic rings. The third-order valence-corrected chi connectivity index (χ3v) is 7.34. The lowest BCUT2D eigenvalue weighted by Gasteiger charge is -2.30. The third-order valence-electron chi connectivity index (χ3n) is 5.49. The molecule has 0 atom stereocenters. The topological polar surface area (TPSA) is 117 Å². The molecule has 2 aromatic carbocycles.